The third-order valence-corrected chi connectivity index (χ3v) is 12.4. The summed E-state index contributed by atoms with van der Waals surface area (Å²) < 4.78 is 47.7. The van der Waals surface area contributed by atoms with Crippen molar-refractivity contribution in [3.8, 4) is 5.75 Å². The van der Waals surface area contributed by atoms with Crippen LogP contribution in [0.5, 0.6) is 5.75 Å². The molecule has 1 saturated heterocycles. The number of carbonyl (C=O) groups is 3. The summed E-state index contributed by atoms with van der Waals surface area (Å²) in [5, 5.41) is 3.35. The zero-order valence-corrected chi connectivity index (χ0v) is 26.0. The molecule has 2 aliphatic carbocycles. The predicted octanol–water partition coefficient (Wildman–Crippen LogP) is 6.15. The molecule has 3 fully saturated rings. The summed E-state index contributed by atoms with van der Waals surface area (Å²) in [6.45, 7) is -0.228. The molecule has 4 aliphatic rings. The Labute approximate surface area is 274 Å². The van der Waals surface area contributed by atoms with E-state index in [2.05, 4.69) is 10.3 Å². The number of ether oxygens (including phenoxy) is 1. The molecule has 13 heteroatoms. The summed E-state index contributed by atoms with van der Waals surface area (Å²) in [5.74, 6) is -3.55. The molecule has 0 spiro atoms. The van der Waals surface area contributed by atoms with Crippen LogP contribution in [0.4, 0.5) is 24.5 Å². The lowest BCUT2D eigenvalue weighted by molar-refractivity contribution is -0.137. The Morgan fingerprint density at radius 3 is 2.43 bits per heavy atom. The topological polar surface area (TPSA) is 109 Å². The number of alkyl halides is 3. The smallest absolute Gasteiger partial charge is 0.418 e. The highest BCUT2D eigenvalue weighted by Crippen LogP contribution is 2.69. The zero-order valence-electron chi connectivity index (χ0n) is 24.4. The fourth-order valence-electron chi connectivity index (χ4n) is 8.20. The van der Waals surface area contributed by atoms with Gasteiger partial charge in [0.1, 0.15) is 5.75 Å². The van der Waals surface area contributed by atoms with Gasteiger partial charge < -0.3 is 15.0 Å². The van der Waals surface area contributed by atoms with E-state index in [-0.39, 0.29) is 46.3 Å². The van der Waals surface area contributed by atoms with E-state index in [1.807, 2.05) is 36.4 Å². The zero-order chi connectivity index (χ0) is 32.6. The normalized spacial score (nSPS) is 27.4. The molecule has 2 bridgehead atoms. The number of hydrogen-bond acceptors (Lipinski definition) is 7. The van der Waals surface area contributed by atoms with E-state index in [4.69, 9.17) is 4.74 Å². The molecule has 7 atom stereocenters. The Hall–Kier alpha value is -4.36. The van der Waals surface area contributed by atoms with Crippen molar-refractivity contribution in [2.24, 2.45) is 29.6 Å². The number of rotatable bonds is 6. The number of imide groups is 1. The number of H-pyrrole nitrogens is 1. The maximum Gasteiger partial charge on any atom is 0.418 e. The lowest BCUT2D eigenvalue weighted by Gasteiger charge is -2.43. The monoisotopic (exact) mass is 677 g/mol. The molecule has 0 unspecified atom stereocenters. The number of aromatic nitrogens is 1. The van der Waals surface area contributed by atoms with Crippen LogP contribution in [0.3, 0.4) is 0 Å². The second-order valence-corrected chi connectivity index (χ2v) is 14.5. The molecule has 2 aliphatic heterocycles. The van der Waals surface area contributed by atoms with Gasteiger partial charge in [-0.25, -0.2) is 4.90 Å². The minimum atomic E-state index is -4.74. The number of nitrogens with zero attached hydrogens (tertiary/aromatic N) is 1. The van der Waals surface area contributed by atoms with Crippen molar-refractivity contribution in [1.29, 1.82) is 0 Å². The molecular weight excluding hydrogens is 652 g/mol. The molecule has 240 valence electrons. The van der Waals surface area contributed by atoms with Crippen LogP contribution < -0.4 is 19.8 Å². The van der Waals surface area contributed by atoms with Gasteiger partial charge in [-0.3, -0.25) is 19.2 Å². The van der Waals surface area contributed by atoms with Gasteiger partial charge in [-0.05, 0) is 66.1 Å². The molecule has 4 aromatic rings. The Bertz CT molecular complexity index is 1980. The molecule has 8 nitrogen and oxygen atoms in total. The number of benzene rings is 3. The van der Waals surface area contributed by atoms with Crippen LogP contribution in [0.1, 0.15) is 28.3 Å². The van der Waals surface area contributed by atoms with Crippen molar-refractivity contribution < 1.29 is 32.3 Å². The van der Waals surface area contributed by atoms with Crippen LogP contribution in [0, 0.1) is 29.6 Å². The number of hydrogen-bond donors (Lipinski definition) is 2. The number of anilines is 2. The minimum absolute atomic E-state index is 0.139. The molecule has 1 aromatic heterocycles. The van der Waals surface area contributed by atoms with Crippen LogP contribution in [0.15, 0.2) is 88.7 Å². The standard InChI is InChI=1S/C34H26F3N3O5S2/c35-34(36,37)21-11-4-5-12-22(21)40-31(42)26-19-14-20(27(26)32(40)43)28-25(19)24(29-30(46-28)39-33(44)47-29)16-7-6-10-18(13-16)45-15-23(41)38-17-8-2-1-3-9-17/h1-13,19-20,24-28H,14-15H2,(H,38,41)(H,39,44)/t19-,20-,24+,25-,26+,27+,28-/m1/s1. The van der Waals surface area contributed by atoms with E-state index in [9.17, 15) is 32.3 Å². The molecule has 8 rings (SSSR count). The number of carbonyl (C=O) groups excluding carboxylic acids is 3. The molecule has 2 saturated carbocycles. The first-order chi connectivity index (χ1) is 22.6. The Balaban J connectivity index is 1.11. The first kappa shape index (κ1) is 30.0. The maximum atomic E-state index is 14.0. The lowest BCUT2D eigenvalue weighted by atomic mass is 9.68. The van der Waals surface area contributed by atoms with Gasteiger partial charge in [0, 0.05) is 21.7 Å². The lowest BCUT2D eigenvalue weighted by Crippen LogP contribution is -2.42. The number of para-hydroxylation sites is 2. The van der Waals surface area contributed by atoms with Gasteiger partial charge in [0.2, 0.25) is 11.8 Å². The molecule has 3 heterocycles. The molecule has 47 heavy (non-hydrogen) atoms. The highest BCUT2D eigenvalue weighted by Gasteiger charge is 2.70. The van der Waals surface area contributed by atoms with Crippen LogP contribution in [-0.2, 0) is 20.6 Å². The fraction of sp³-hybridized carbons (Fsp3) is 0.294. The van der Waals surface area contributed by atoms with Crippen LogP contribution in [-0.4, -0.2) is 34.6 Å². The Kier molecular flexibility index (Phi) is 7.10. The van der Waals surface area contributed by atoms with Gasteiger partial charge in [0.25, 0.3) is 5.91 Å². The van der Waals surface area contributed by atoms with Crippen molar-refractivity contribution in [2.75, 3.05) is 16.8 Å². The van der Waals surface area contributed by atoms with E-state index >= 15 is 0 Å². The number of halogens is 3. The van der Waals surface area contributed by atoms with E-state index in [1.54, 1.807) is 18.2 Å². The molecule has 2 N–H and O–H groups in total. The van der Waals surface area contributed by atoms with E-state index in [1.165, 1.54) is 30.0 Å². The van der Waals surface area contributed by atoms with Gasteiger partial charge in [0.05, 0.1) is 28.1 Å². The number of aromatic amines is 1. The maximum absolute atomic E-state index is 14.0. The second kappa shape index (κ2) is 11.1. The quantitative estimate of drug-likeness (QED) is 0.237. The number of nitrogens with one attached hydrogen (secondary N) is 2. The van der Waals surface area contributed by atoms with Crippen LogP contribution >= 0.6 is 23.1 Å². The Morgan fingerprint density at radius 2 is 1.66 bits per heavy atom. The van der Waals surface area contributed by atoms with Crippen LogP contribution in [0.25, 0.3) is 0 Å². The second-order valence-electron chi connectivity index (χ2n) is 12.3. The molecule has 3 aromatic carbocycles. The van der Waals surface area contributed by atoms with Gasteiger partial charge >= 0.3 is 11.0 Å². The summed E-state index contributed by atoms with van der Waals surface area (Å²) in [5.41, 5.74) is 0.0247. The van der Waals surface area contributed by atoms with Crippen LogP contribution in [0.2, 0.25) is 0 Å². The third kappa shape index (κ3) is 4.89. The highest BCUT2D eigenvalue weighted by molar-refractivity contribution is 8.00. The number of fused-ring (bicyclic) bond motifs is 9. The first-order valence-corrected chi connectivity index (χ1v) is 16.8. The molecular formula is C34H26F3N3O5S2. The summed E-state index contributed by atoms with van der Waals surface area (Å²) in [4.78, 5) is 57.3. The van der Waals surface area contributed by atoms with Gasteiger partial charge in [-0.15, -0.1) is 11.8 Å². The Morgan fingerprint density at radius 1 is 0.936 bits per heavy atom. The van der Waals surface area contributed by atoms with E-state index in [0.29, 0.717) is 22.9 Å². The average molecular weight is 678 g/mol. The summed E-state index contributed by atoms with van der Waals surface area (Å²) in [6, 6.07) is 21.0. The summed E-state index contributed by atoms with van der Waals surface area (Å²) in [7, 11) is 0. The third-order valence-electron chi connectivity index (χ3n) is 9.82. The average Bonchev–Trinajstić information content (AvgIpc) is 3.79. The summed E-state index contributed by atoms with van der Waals surface area (Å²) >= 11 is 2.59. The molecule has 0 radical (unpaired) electrons. The minimum Gasteiger partial charge on any atom is -0.484 e. The largest absolute Gasteiger partial charge is 0.484 e. The first-order valence-electron chi connectivity index (χ1n) is 15.1. The number of thiazole rings is 1. The summed E-state index contributed by atoms with van der Waals surface area (Å²) in [6.07, 6.45) is -4.15. The van der Waals surface area contributed by atoms with Crippen molar-refractivity contribution in [2.45, 2.75) is 28.8 Å². The van der Waals surface area contributed by atoms with Crippen molar-refractivity contribution in [3.05, 3.63) is 105 Å². The van der Waals surface area contributed by atoms with Crippen molar-refractivity contribution in [1.82, 2.24) is 4.98 Å². The van der Waals surface area contributed by atoms with E-state index < -0.39 is 41.1 Å². The fourth-order valence-corrected chi connectivity index (χ4v) is 11.1. The van der Waals surface area contributed by atoms with Gasteiger partial charge in [0.15, 0.2) is 6.61 Å². The SMILES string of the molecule is O=C(COc1cccc([C@@H]2c3sc(=O)[nH]c3S[C@@H]3[C@@H]4C[C@@H]([C@@H]5C(=O)N(c6ccccc6C(F)(F)F)C(=O)[C@@H]45)[C@H]23)c1)Nc1ccccc1. The molecule has 3 amide bonds. The van der Waals surface area contributed by atoms with E-state index in [0.717, 1.165) is 32.7 Å². The van der Waals surface area contributed by atoms with Crippen molar-refractivity contribution in [3.63, 3.8) is 0 Å². The van der Waals surface area contributed by atoms with Crippen molar-refractivity contribution >= 4 is 52.2 Å². The van der Waals surface area contributed by atoms with Gasteiger partial charge in [-0.1, -0.05) is 53.8 Å². The predicted molar refractivity (Wildman–Crippen MR) is 169 cm³/mol. The number of thioether (sulfide) groups is 1. The van der Waals surface area contributed by atoms with Gasteiger partial charge in [-0.2, -0.15) is 13.2 Å². The highest BCUT2D eigenvalue weighted by atomic mass is 32.2. The number of amides is 3.